The van der Waals surface area contributed by atoms with Crippen LogP contribution in [0.15, 0.2) is 53.7 Å². The lowest BCUT2D eigenvalue weighted by Gasteiger charge is -2.22. The van der Waals surface area contributed by atoms with Crippen LogP contribution in [0.3, 0.4) is 0 Å². The second kappa shape index (κ2) is 7.45. The van der Waals surface area contributed by atoms with Crippen molar-refractivity contribution in [3.05, 3.63) is 59.9 Å². The van der Waals surface area contributed by atoms with E-state index in [1.165, 1.54) is 37.7 Å². The number of nitrogens with one attached hydrogen (secondary N) is 1. The molecule has 4 nitrogen and oxygen atoms in total. The minimum atomic E-state index is -3.53. The summed E-state index contributed by atoms with van der Waals surface area (Å²) in [5, 5.41) is 0. The van der Waals surface area contributed by atoms with E-state index in [1.54, 1.807) is 30.6 Å². The van der Waals surface area contributed by atoms with Gasteiger partial charge in [0.25, 0.3) is 0 Å². The molecule has 128 valence electrons. The molecule has 1 atom stereocenters. The third kappa shape index (κ3) is 4.02. The van der Waals surface area contributed by atoms with E-state index in [9.17, 15) is 8.42 Å². The molecule has 1 unspecified atom stereocenters. The maximum absolute atomic E-state index is 12.6. The quantitative estimate of drug-likeness (QED) is 0.885. The number of aromatic nitrogens is 1. The van der Waals surface area contributed by atoms with Gasteiger partial charge in [-0.15, -0.1) is 0 Å². The number of nitrogens with zero attached hydrogens (tertiary/aromatic N) is 1. The van der Waals surface area contributed by atoms with Crippen molar-refractivity contribution in [2.45, 2.75) is 55.9 Å². The van der Waals surface area contributed by atoms with Gasteiger partial charge in [0, 0.05) is 18.4 Å². The van der Waals surface area contributed by atoms with Crippen LogP contribution in [-0.4, -0.2) is 13.4 Å². The van der Waals surface area contributed by atoms with Crippen LogP contribution in [0.1, 0.15) is 62.1 Å². The molecule has 1 saturated carbocycles. The summed E-state index contributed by atoms with van der Waals surface area (Å²) in [5.41, 5.74) is 2.11. The van der Waals surface area contributed by atoms with E-state index in [0.29, 0.717) is 10.8 Å². The Morgan fingerprint density at radius 2 is 1.79 bits per heavy atom. The van der Waals surface area contributed by atoms with Gasteiger partial charge in [-0.25, -0.2) is 13.1 Å². The molecule has 1 aromatic heterocycles. The number of pyridine rings is 1. The molecule has 1 fully saturated rings. The summed E-state index contributed by atoms with van der Waals surface area (Å²) in [6, 6.07) is 10.7. The van der Waals surface area contributed by atoms with Gasteiger partial charge in [-0.2, -0.15) is 0 Å². The van der Waals surface area contributed by atoms with E-state index >= 15 is 0 Å². The molecule has 5 heteroatoms. The molecule has 1 aliphatic carbocycles. The fraction of sp³-hybridized carbons (Fsp3) is 0.421. The Bertz CT molecular complexity index is 752. The average molecular weight is 344 g/mol. The van der Waals surface area contributed by atoms with Gasteiger partial charge in [-0.3, -0.25) is 4.98 Å². The molecule has 1 N–H and O–H groups in total. The van der Waals surface area contributed by atoms with Crippen molar-refractivity contribution in [2.75, 3.05) is 0 Å². The highest BCUT2D eigenvalue weighted by Crippen LogP contribution is 2.33. The van der Waals surface area contributed by atoms with Crippen LogP contribution in [0.4, 0.5) is 0 Å². The maximum Gasteiger partial charge on any atom is 0.241 e. The SMILES string of the molecule is CC(NS(=O)(=O)c1ccc(C2CCCCC2)cc1)c1cccnc1. The molecule has 1 aromatic carbocycles. The normalized spacial score (nSPS) is 17.5. The number of benzene rings is 1. The molecule has 0 spiro atoms. The van der Waals surface area contributed by atoms with Gasteiger partial charge in [-0.1, -0.05) is 37.5 Å². The van der Waals surface area contributed by atoms with Crippen LogP contribution < -0.4 is 4.72 Å². The van der Waals surface area contributed by atoms with Gasteiger partial charge < -0.3 is 0 Å². The third-order valence-corrected chi connectivity index (χ3v) is 6.34. The topological polar surface area (TPSA) is 59.1 Å². The fourth-order valence-electron chi connectivity index (χ4n) is 3.36. The van der Waals surface area contributed by atoms with Gasteiger partial charge in [0.15, 0.2) is 0 Å². The van der Waals surface area contributed by atoms with Crippen LogP contribution in [0.2, 0.25) is 0 Å². The lowest BCUT2D eigenvalue weighted by atomic mass is 9.84. The highest BCUT2D eigenvalue weighted by molar-refractivity contribution is 7.89. The van der Waals surface area contributed by atoms with Crippen molar-refractivity contribution >= 4 is 10.0 Å². The van der Waals surface area contributed by atoms with E-state index in [2.05, 4.69) is 9.71 Å². The number of rotatable bonds is 5. The Labute approximate surface area is 144 Å². The van der Waals surface area contributed by atoms with Gasteiger partial charge in [0.2, 0.25) is 10.0 Å². The molecule has 2 aromatic rings. The maximum atomic E-state index is 12.6. The Kier molecular flexibility index (Phi) is 5.31. The smallest absolute Gasteiger partial charge is 0.241 e. The molecule has 1 heterocycles. The van der Waals surface area contributed by atoms with Crippen LogP contribution in [0, 0.1) is 0 Å². The molecular weight excluding hydrogens is 320 g/mol. The first kappa shape index (κ1) is 17.1. The highest BCUT2D eigenvalue weighted by atomic mass is 32.2. The van der Waals surface area contributed by atoms with Crippen molar-refractivity contribution in [3.63, 3.8) is 0 Å². The number of hydrogen-bond donors (Lipinski definition) is 1. The number of sulfonamides is 1. The molecule has 0 aliphatic heterocycles. The minimum Gasteiger partial charge on any atom is -0.264 e. The van der Waals surface area contributed by atoms with Crippen molar-refractivity contribution in [2.24, 2.45) is 0 Å². The van der Waals surface area contributed by atoms with E-state index in [4.69, 9.17) is 0 Å². The first-order chi connectivity index (χ1) is 11.6. The van der Waals surface area contributed by atoms with Gasteiger partial charge in [0.05, 0.1) is 4.90 Å². The van der Waals surface area contributed by atoms with E-state index in [0.717, 1.165) is 5.56 Å². The standard InChI is InChI=1S/C19H24N2O2S/c1-15(18-8-5-13-20-14-18)21-24(22,23)19-11-9-17(10-12-19)16-6-3-2-4-7-16/h5,8-16,21H,2-4,6-7H2,1H3. The summed E-state index contributed by atoms with van der Waals surface area (Å²) >= 11 is 0. The summed E-state index contributed by atoms with van der Waals surface area (Å²) in [6.07, 6.45) is 9.64. The first-order valence-electron chi connectivity index (χ1n) is 8.58. The third-order valence-electron chi connectivity index (χ3n) is 4.78. The molecule has 0 bridgehead atoms. The Hall–Kier alpha value is -1.72. The van der Waals surface area contributed by atoms with Crippen molar-refractivity contribution in [1.82, 2.24) is 9.71 Å². The predicted octanol–water partition coefficient (Wildman–Crippen LogP) is 4.17. The minimum absolute atomic E-state index is 0.317. The summed E-state index contributed by atoms with van der Waals surface area (Å²) in [6.45, 7) is 1.82. The first-order valence-corrected chi connectivity index (χ1v) is 10.1. The van der Waals surface area contributed by atoms with E-state index < -0.39 is 10.0 Å². The summed E-state index contributed by atoms with van der Waals surface area (Å²) in [5.74, 6) is 0.581. The van der Waals surface area contributed by atoms with Crippen LogP contribution in [0.5, 0.6) is 0 Å². The highest BCUT2D eigenvalue weighted by Gasteiger charge is 2.20. The van der Waals surface area contributed by atoms with Gasteiger partial charge >= 0.3 is 0 Å². The van der Waals surface area contributed by atoms with Crippen LogP contribution in [0.25, 0.3) is 0 Å². The summed E-state index contributed by atoms with van der Waals surface area (Å²) in [4.78, 5) is 4.35. The molecule has 3 rings (SSSR count). The lowest BCUT2D eigenvalue weighted by molar-refractivity contribution is 0.443. The summed E-state index contributed by atoms with van der Waals surface area (Å²) < 4.78 is 27.9. The predicted molar refractivity (Wildman–Crippen MR) is 95.2 cm³/mol. The van der Waals surface area contributed by atoms with Gasteiger partial charge in [0.1, 0.15) is 0 Å². The number of hydrogen-bond acceptors (Lipinski definition) is 3. The van der Waals surface area contributed by atoms with Crippen molar-refractivity contribution < 1.29 is 8.42 Å². The molecular formula is C19H24N2O2S. The Balaban J connectivity index is 1.72. The van der Waals surface area contributed by atoms with Crippen molar-refractivity contribution in [3.8, 4) is 0 Å². The lowest BCUT2D eigenvalue weighted by Crippen LogP contribution is -2.27. The van der Waals surface area contributed by atoms with Crippen molar-refractivity contribution in [1.29, 1.82) is 0 Å². The molecule has 0 saturated heterocycles. The summed E-state index contributed by atoms with van der Waals surface area (Å²) in [7, 11) is -3.53. The van der Waals surface area contributed by atoms with E-state index in [1.807, 2.05) is 25.1 Å². The van der Waals surface area contributed by atoms with Gasteiger partial charge in [-0.05, 0) is 55.0 Å². The molecule has 1 aliphatic rings. The molecule has 0 radical (unpaired) electrons. The monoisotopic (exact) mass is 344 g/mol. The average Bonchev–Trinajstić information content (AvgIpc) is 2.63. The largest absolute Gasteiger partial charge is 0.264 e. The second-order valence-electron chi connectivity index (χ2n) is 6.53. The molecule has 0 amide bonds. The van der Waals surface area contributed by atoms with Crippen LogP contribution in [-0.2, 0) is 10.0 Å². The second-order valence-corrected chi connectivity index (χ2v) is 8.25. The Morgan fingerprint density at radius 1 is 1.08 bits per heavy atom. The zero-order valence-corrected chi connectivity index (χ0v) is 14.8. The van der Waals surface area contributed by atoms with Crippen LogP contribution >= 0.6 is 0 Å². The Morgan fingerprint density at radius 3 is 2.42 bits per heavy atom. The fourth-order valence-corrected chi connectivity index (χ4v) is 4.59. The van der Waals surface area contributed by atoms with E-state index in [-0.39, 0.29) is 6.04 Å². The zero-order chi connectivity index (χ0) is 17.0. The zero-order valence-electron chi connectivity index (χ0n) is 14.0. The molecule has 24 heavy (non-hydrogen) atoms.